The number of hydrogen-bond donors (Lipinski definition) is 6. The highest BCUT2D eigenvalue weighted by Gasteiger charge is 2.63. The highest BCUT2D eigenvalue weighted by Crippen LogP contribution is 2.55. The predicted molar refractivity (Wildman–Crippen MR) is 142 cm³/mol. The maximum atomic E-state index is 13.9. The number of nitrogens with two attached hydrogens (primary N) is 1. The molecule has 1 aromatic carbocycles. The zero-order chi connectivity index (χ0) is 29.3. The van der Waals surface area contributed by atoms with Crippen LogP contribution in [0.3, 0.4) is 0 Å². The minimum Gasteiger partial charge on any atom is -0.510 e. The highest BCUT2D eigenvalue weighted by molar-refractivity contribution is 6.38. The summed E-state index contributed by atoms with van der Waals surface area (Å²) in [5.41, 5.74) is 1.46. The molecule has 0 bridgehead atoms. The summed E-state index contributed by atoms with van der Waals surface area (Å²) in [6.07, 6.45) is -0.0270. The molecule has 0 spiro atoms. The number of nitrogens with zero attached hydrogens (tertiary/aromatic N) is 2. The van der Waals surface area contributed by atoms with Crippen molar-refractivity contribution in [3.63, 3.8) is 0 Å². The minimum atomic E-state index is -2.76. The Morgan fingerprint density at radius 2 is 1.77 bits per heavy atom. The number of halogens is 2. The molecule has 39 heavy (non-hydrogen) atoms. The van der Waals surface area contributed by atoms with Crippen LogP contribution < -0.4 is 16.0 Å². The van der Waals surface area contributed by atoms with Crippen LogP contribution in [0.4, 0.5) is 11.4 Å². The van der Waals surface area contributed by atoms with Gasteiger partial charge in [0.2, 0.25) is 11.7 Å². The van der Waals surface area contributed by atoms with Crippen LogP contribution in [-0.2, 0) is 20.8 Å². The molecule has 0 saturated heterocycles. The number of Topliss-reactive ketones (excluding diaryl/α,β-unsaturated/α-hetero) is 2. The summed E-state index contributed by atoms with van der Waals surface area (Å²) >= 11 is 12.2. The van der Waals surface area contributed by atoms with Crippen molar-refractivity contribution in [2.24, 2.45) is 17.6 Å². The Bertz CT molecular complexity index is 1400. The smallest absolute Gasteiger partial charge is 0.255 e. The second-order valence-electron chi connectivity index (χ2n) is 10.3. The molecular weight excluding hydrogens is 555 g/mol. The van der Waals surface area contributed by atoms with Crippen molar-refractivity contribution < 1.29 is 39.6 Å². The van der Waals surface area contributed by atoms with Crippen molar-refractivity contribution in [1.29, 1.82) is 0 Å². The Labute approximate surface area is 233 Å². The molecule has 2 amide bonds. The number of alkyl halides is 1. The largest absolute Gasteiger partial charge is 0.510 e. The molecule has 0 heterocycles. The molecule has 4 atom stereocenters. The van der Waals surface area contributed by atoms with E-state index in [0.29, 0.717) is 11.3 Å². The lowest BCUT2D eigenvalue weighted by Crippen LogP contribution is -2.63. The topological polar surface area (TPSA) is 194 Å². The number of anilines is 2. The van der Waals surface area contributed by atoms with E-state index in [-0.39, 0.29) is 34.7 Å². The van der Waals surface area contributed by atoms with E-state index in [2.05, 4.69) is 5.32 Å². The van der Waals surface area contributed by atoms with Gasteiger partial charge in [-0.05, 0) is 38.4 Å². The van der Waals surface area contributed by atoms with Gasteiger partial charge in [0.05, 0.1) is 22.3 Å². The Balaban J connectivity index is 2.00. The number of carbonyl (C=O) groups excluding carboxylic acids is 4. The van der Waals surface area contributed by atoms with Crippen LogP contribution in [0.5, 0.6) is 5.75 Å². The highest BCUT2D eigenvalue weighted by atomic mass is 35.5. The summed E-state index contributed by atoms with van der Waals surface area (Å²) in [6, 6.07) is -1.10. The van der Waals surface area contributed by atoms with Crippen molar-refractivity contribution in [3.05, 3.63) is 38.8 Å². The Kier molecular flexibility index (Phi) is 7.13. The number of ketones is 2. The van der Waals surface area contributed by atoms with Gasteiger partial charge in [-0.1, -0.05) is 11.6 Å². The summed E-state index contributed by atoms with van der Waals surface area (Å²) < 4.78 is 0. The maximum absolute atomic E-state index is 13.9. The third-order valence-corrected chi connectivity index (χ3v) is 8.25. The molecule has 7 N–H and O–H groups in total. The molecule has 2 unspecified atom stereocenters. The summed E-state index contributed by atoms with van der Waals surface area (Å²) in [5, 5.41) is 47.4. The number of nitrogens with one attached hydrogen (secondary N) is 1. The third kappa shape index (κ3) is 3.96. The van der Waals surface area contributed by atoms with E-state index >= 15 is 0 Å². The van der Waals surface area contributed by atoms with E-state index in [1.54, 1.807) is 33.1 Å². The quantitative estimate of drug-likeness (QED) is 0.166. The molecule has 0 saturated carbocycles. The van der Waals surface area contributed by atoms with Crippen LogP contribution in [0.25, 0.3) is 0 Å². The number of phenols is 1. The first-order chi connectivity index (χ1) is 18.1. The monoisotopic (exact) mass is 582 g/mol. The molecule has 0 aliphatic heterocycles. The molecule has 3 aliphatic carbocycles. The van der Waals surface area contributed by atoms with Crippen LogP contribution in [0.2, 0.25) is 5.02 Å². The average Bonchev–Trinajstić information content (AvgIpc) is 2.83. The van der Waals surface area contributed by atoms with Crippen molar-refractivity contribution in [2.75, 3.05) is 44.3 Å². The molecule has 4 rings (SSSR count). The van der Waals surface area contributed by atoms with Gasteiger partial charge in [0.25, 0.3) is 5.91 Å². The van der Waals surface area contributed by atoms with Crippen LogP contribution in [-0.4, -0.2) is 94.4 Å². The average molecular weight is 583 g/mol. The summed E-state index contributed by atoms with van der Waals surface area (Å²) in [5.74, 6) is -8.95. The Morgan fingerprint density at radius 3 is 2.28 bits per heavy atom. The van der Waals surface area contributed by atoms with Crippen molar-refractivity contribution in [1.82, 2.24) is 4.90 Å². The number of primary amides is 1. The van der Waals surface area contributed by atoms with Gasteiger partial charge in [-0.15, -0.1) is 11.6 Å². The number of fused-ring (bicyclic) bond motifs is 3. The third-order valence-electron chi connectivity index (χ3n) is 7.64. The van der Waals surface area contributed by atoms with E-state index < -0.39 is 75.6 Å². The number of rotatable bonds is 5. The first kappa shape index (κ1) is 28.7. The molecule has 1 aromatic rings. The van der Waals surface area contributed by atoms with E-state index in [4.69, 9.17) is 28.9 Å². The lowest BCUT2D eigenvalue weighted by Gasteiger charge is -2.50. The van der Waals surface area contributed by atoms with Gasteiger partial charge < -0.3 is 36.4 Å². The number of likely N-dealkylation sites (N-methyl/N-ethyl adjacent to an activating group) is 1. The van der Waals surface area contributed by atoms with Crippen LogP contribution >= 0.6 is 23.2 Å². The van der Waals surface area contributed by atoms with Crippen LogP contribution in [0.15, 0.2) is 22.7 Å². The summed E-state index contributed by atoms with van der Waals surface area (Å²) in [4.78, 5) is 54.5. The first-order valence-corrected chi connectivity index (χ1v) is 12.8. The molecule has 0 aromatic heterocycles. The number of phenolic OH excluding ortho intramolecular Hbond substituents is 1. The molecule has 0 radical (unpaired) electrons. The minimum absolute atomic E-state index is 0.0407. The lowest BCUT2D eigenvalue weighted by molar-refractivity contribution is -0.148. The fourth-order valence-corrected chi connectivity index (χ4v) is 6.57. The number of amides is 2. The summed E-state index contributed by atoms with van der Waals surface area (Å²) in [7, 11) is 6.39. The Hall–Kier alpha value is -3.32. The van der Waals surface area contributed by atoms with Gasteiger partial charge in [-0.3, -0.25) is 24.1 Å². The van der Waals surface area contributed by atoms with Gasteiger partial charge in [-0.25, -0.2) is 0 Å². The van der Waals surface area contributed by atoms with Gasteiger partial charge in [0.1, 0.15) is 28.7 Å². The number of aliphatic hydroxyl groups excluding tert-OH is 2. The number of benzene rings is 1. The zero-order valence-corrected chi connectivity index (χ0v) is 23.0. The van der Waals surface area contributed by atoms with Crippen molar-refractivity contribution >= 4 is 58.0 Å². The number of hydrogen-bond acceptors (Lipinski definition) is 10. The maximum Gasteiger partial charge on any atom is 0.255 e. The number of aliphatic hydroxyl groups is 3. The Morgan fingerprint density at radius 1 is 1.15 bits per heavy atom. The van der Waals surface area contributed by atoms with Gasteiger partial charge >= 0.3 is 0 Å². The molecule has 14 heteroatoms. The molecular formula is C25H28Cl2N4O8. The molecule has 210 valence electrons. The van der Waals surface area contributed by atoms with Gasteiger partial charge in [0, 0.05) is 25.6 Å². The van der Waals surface area contributed by atoms with Gasteiger partial charge in [-0.2, -0.15) is 0 Å². The summed E-state index contributed by atoms with van der Waals surface area (Å²) in [6.45, 7) is 0. The first-order valence-electron chi connectivity index (χ1n) is 11.9. The van der Waals surface area contributed by atoms with E-state index in [1.165, 1.54) is 4.90 Å². The number of allylic oxidation sites excluding steroid dienone is 1. The van der Waals surface area contributed by atoms with Crippen molar-refractivity contribution in [2.45, 2.75) is 24.5 Å². The normalized spacial score (nSPS) is 26.3. The predicted octanol–water partition coefficient (Wildman–Crippen LogP) is 1.02. The van der Waals surface area contributed by atoms with E-state index in [0.717, 1.165) is 0 Å². The SMILES string of the molecule is CN(C)c1c(Cl)c(NC(=O)CCl)c(O)c2c1CC1CC3[C@@H](N(C)C)C(O)=C(C(N)=O)C(=O)[C@]3(O)C(O)=C1C2=O. The standard InChI is InChI=1S/C25H28Cl2N4O8/c1-30(2)17-9-5-8-6-10-18(31(3)4)21(35)14(24(28)38)23(37)25(10,39)22(36)12(8)19(33)13(9)20(34)16(15(17)27)29-11(32)7-26/h8,10,18,34-36,39H,5-7H2,1-4H3,(H2,28,38)(H,29,32)/t8?,10?,18-,25-/m1/s1. The lowest BCUT2D eigenvalue weighted by atomic mass is 9.58. The number of carbonyl (C=O) groups is 4. The molecule has 3 aliphatic rings. The fourth-order valence-electron chi connectivity index (χ4n) is 6.09. The molecule has 12 nitrogen and oxygen atoms in total. The van der Waals surface area contributed by atoms with Crippen molar-refractivity contribution in [3.8, 4) is 5.75 Å². The van der Waals surface area contributed by atoms with Crippen LogP contribution in [0.1, 0.15) is 22.3 Å². The van der Waals surface area contributed by atoms with E-state index in [1.807, 2.05) is 0 Å². The zero-order valence-electron chi connectivity index (χ0n) is 21.5. The van der Waals surface area contributed by atoms with Crippen LogP contribution in [0, 0.1) is 11.8 Å². The van der Waals surface area contributed by atoms with E-state index in [9.17, 15) is 39.6 Å². The number of aromatic hydroxyl groups is 1. The second-order valence-corrected chi connectivity index (χ2v) is 10.9. The van der Waals surface area contributed by atoms with Gasteiger partial charge in [0.15, 0.2) is 17.1 Å². The fraction of sp³-hybridized carbons (Fsp3) is 0.440. The second kappa shape index (κ2) is 9.70. The molecule has 0 fully saturated rings.